The highest BCUT2D eigenvalue weighted by Gasteiger charge is 2.19. The third-order valence-corrected chi connectivity index (χ3v) is 6.57. The molecule has 0 aliphatic rings. The van der Waals surface area contributed by atoms with E-state index < -0.39 is 0 Å². The second-order valence-corrected chi connectivity index (χ2v) is 8.34. The molecule has 0 spiro atoms. The van der Waals surface area contributed by atoms with Crippen LogP contribution in [0.3, 0.4) is 0 Å². The molecule has 0 radical (unpaired) electrons. The van der Waals surface area contributed by atoms with Crippen molar-refractivity contribution in [1.82, 2.24) is 10.3 Å². The molecule has 4 aromatic rings. The molecule has 0 unspecified atom stereocenters. The van der Waals surface area contributed by atoms with Crippen LogP contribution in [0.25, 0.3) is 33.4 Å². The van der Waals surface area contributed by atoms with Crippen LogP contribution in [0.15, 0.2) is 41.0 Å². The Kier molecular flexibility index (Phi) is 6.80. The molecule has 2 aromatic heterocycles. The van der Waals surface area contributed by atoms with Gasteiger partial charge in [0.05, 0.1) is 5.69 Å². The summed E-state index contributed by atoms with van der Waals surface area (Å²) in [4.78, 5) is 13.8. The number of anilines is 1. The average molecular weight is 452 g/mol. The molecule has 166 valence electrons. The molecule has 0 bridgehead atoms. The van der Waals surface area contributed by atoms with Crippen molar-refractivity contribution in [2.75, 3.05) is 24.6 Å². The third-order valence-electron chi connectivity index (χ3n) is 5.44. The van der Waals surface area contributed by atoms with Gasteiger partial charge >= 0.3 is 5.97 Å². The SMILES string of the molecule is CCC(=O)OCC[n+]1c(/C=C/c2ccc(N(CC)CC)c3nonc23)sc2ccccc21. The Balaban J connectivity index is 1.68. The minimum atomic E-state index is -0.184. The zero-order valence-electron chi connectivity index (χ0n) is 18.6. The van der Waals surface area contributed by atoms with E-state index in [-0.39, 0.29) is 5.97 Å². The molecule has 2 aromatic carbocycles. The number of benzene rings is 2. The maximum absolute atomic E-state index is 11.5. The van der Waals surface area contributed by atoms with Crippen LogP contribution in [-0.4, -0.2) is 36.0 Å². The van der Waals surface area contributed by atoms with Gasteiger partial charge in [0, 0.05) is 37.2 Å². The molecule has 2 heterocycles. The first-order valence-corrected chi connectivity index (χ1v) is 11.7. The number of nitrogens with zero attached hydrogens (tertiary/aromatic N) is 4. The van der Waals surface area contributed by atoms with E-state index in [0.717, 1.165) is 45.9 Å². The van der Waals surface area contributed by atoms with Gasteiger partial charge in [-0.05, 0) is 42.4 Å². The summed E-state index contributed by atoms with van der Waals surface area (Å²) in [6, 6.07) is 12.4. The van der Waals surface area contributed by atoms with Crippen LogP contribution in [0.5, 0.6) is 0 Å². The van der Waals surface area contributed by atoms with E-state index in [1.165, 1.54) is 4.70 Å². The molecule has 8 heteroatoms. The summed E-state index contributed by atoms with van der Waals surface area (Å²) in [5, 5.41) is 9.38. The number of para-hydroxylation sites is 1. The van der Waals surface area contributed by atoms with Crippen molar-refractivity contribution >= 4 is 56.4 Å². The van der Waals surface area contributed by atoms with E-state index in [1.807, 2.05) is 18.2 Å². The van der Waals surface area contributed by atoms with Crippen molar-refractivity contribution in [2.45, 2.75) is 33.7 Å². The van der Waals surface area contributed by atoms with Crippen molar-refractivity contribution in [1.29, 1.82) is 0 Å². The number of hydrogen-bond acceptors (Lipinski definition) is 7. The zero-order chi connectivity index (χ0) is 22.5. The molecule has 7 nitrogen and oxygen atoms in total. The lowest BCUT2D eigenvalue weighted by Gasteiger charge is -2.20. The monoisotopic (exact) mass is 451 g/mol. The molecule has 0 aliphatic carbocycles. The summed E-state index contributed by atoms with van der Waals surface area (Å²) < 4.78 is 13.8. The number of aromatic nitrogens is 3. The number of ether oxygens (including phenoxy) is 1. The van der Waals surface area contributed by atoms with Crippen LogP contribution < -0.4 is 9.47 Å². The van der Waals surface area contributed by atoms with Gasteiger partial charge in [0.15, 0.2) is 18.7 Å². The molecule has 32 heavy (non-hydrogen) atoms. The zero-order valence-corrected chi connectivity index (χ0v) is 19.4. The summed E-state index contributed by atoms with van der Waals surface area (Å²) in [6.07, 6.45) is 4.50. The molecule has 0 amide bonds. The minimum Gasteiger partial charge on any atom is -0.459 e. The van der Waals surface area contributed by atoms with Crippen molar-refractivity contribution in [3.05, 3.63) is 47.0 Å². The topological polar surface area (TPSA) is 72.3 Å². The van der Waals surface area contributed by atoms with E-state index in [1.54, 1.807) is 18.3 Å². The number of rotatable bonds is 9. The Bertz CT molecular complexity index is 1260. The molecule has 0 atom stereocenters. The van der Waals surface area contributed by atoms with Crippen molar-refractivity contribution in [3.8, 4) is 0 Å². The van der Waals surface area contributed by atoms with E-state index in [2.05, 4.69) is 64.0 Å². The van der Waals surface area contributed by atoms with Gasteiger partial charge in [-0.3, -0.25) is 4.79 Å². The van der Waals surface area contributed by atoms with Crippen LogP contribution >= 0.6 is 11.3 Å². The predicted octanol–water partition coefficient (Wildman–Crippen LogP) is 4.69. The summed E-state index contributed by atoms with van der Waals surface area (Å²) in [5.41, 5.74) is 4.60. The Hall–Kier alpha value is -3.26. The quantitative estimate of drug-likeness (QED) is 0.271. The van der Waals surface area contributed by atoms with Crippen LogP contribution in [0.2, 0.25) is 0 Å². The lowest BCUT2D eigenvalue weighted by molar-refractivity contribution is -0.669. The molecule has 0 N–H and O–H groups in total. The van der Waals surface area contributed by atoms with Gasteiger partial charge in [-0.25, -0.2) is 4.63 Å². The first kappa shape index (κ1) is 22.0. The van der Waals surface area contributed by atoms with Crippen molar-refractivity contribution in [2.24, 2.45) is 0 Å². The molecule has 0 fully saturated rings. The predicted molar refractivity (Wildman–Crippen MR) is 128 cm³/mol. The van der Waals surface area contributed by atoms with E-state index >= 15 is 0 Å². The van der Waals surface area contributed by atoms with E-state index in [4.69, 9.17) is 9.37 Å². The maximum Gasteiger partial charge on any atom is 0.305 e. The number of hydrogen-bond donors (Lipinski definition) is 0. The Morgan fingerprint density at radius 3 is 2.66 bits per heavy atom. The number of esters is 1. The van der Waals surface area contributed by atoms with Gasteiger partial charge in [-0.1, -0.05) is 36.5 Å². The Morgan fingerprint density at radius 1 is 1.09 bits per heavy atom. The van der Waals surface area contributed by atoms with E-state index in [9.17, 15) is 4.79 Å². The summed E-state index contributed by atoms with van der Waals surface area (Å²) in [5.74, 6) is -0.184. The smallest absolute Gasteiger partial charge is 0.305 e. The summed E-state index contributed by atoms with van der Waals surface area (Å²) in [6.45, 7) is 8.75. The summed E-state index contributed by atoms with van der Waals surface area (Å²) >= 11 is 1.70. The summed E-state index contributed by atoms with van der Waals surface area (Å²) in [7, 11) is 0. The molecule has 0 aliphatic heterocycles. The first-order valence-electron chi connectivity index (χ1n) is 10.9. The molecular weight excluding hydrogens is 424 g/mol. The van der Waals surface area contributed by atoms with Crippen LogP contribution in [0.4, 0.5) is 5.69 Å². The van der Waals surface area contributed by atoms with Gasteiger partial charge in [-0.2, -0.15) is 4.57 Å². The highest BCUT2D eigenvalue weighted by atomic mass is 32.1. The van der Waals surface area contributed by atoms with Crippen molar-refractivity contribution < 1.29 is 18.7 Å². The van der Waals surface area contributed by atoms with Crippen molar-refractivity contribution in [3.63, 3.8) is 0 Å². The van der Waals surface area contributed by atoms with E-state index in [0.29, 0.717) is 19.6 Å². The largest absolute Gasteiger partial charge is 0.459 e. The van der Waals surface area contributed by atoms with Crippen LogP contribution in [0.1, 0.15) is 37.8 Å². The second kappa shape index (κ2) is 9.91. The van der Waals surface area contributed by atoms with Gasteiger partial charge in [-0.15, -0.1) is 0 Å². The minimum absolute atomic E-state index is 0.184. The first-order chi connectivity index (χ1) is 15.7. The molecule has 0 saturated heterocycles. The molecule has 4 rings (SSSR count). The average Bonchev–Trinajstić information content (AvgIpc) is 3.44. The molecular formula is C24H27N4O3S+. The fourth-order valence-corrected chi connectivity index (χ4v) is 4.84. The Morgan fingerprint density at radius 2 is 1.88 bits per heavy atom. The molecule has 0 saturated carbocycles. The fraction of sp³-hybridized carbons (Fsp3) is 0.333. The second-order valence-electron chi connectivity index (χ2n) is 7.27. The fourth-order valence-electron chi connectivity index (χ4n) is 3.75. The Labute approximate surface area is 190 Å². The highest BCUT2D eigenvalue weighted by Crippen LogP contribution is 2.29. The number of thiazole rings is 1. The lowest BCUT2D eigenvalue weighted by Crippen LogP contribution is -2.37. The van der Waals surface area contributed by atoms with Gasteiger partial charge < -0.3 is 9.64 Å². The maximum atomic E-state index is 11.5. The number of carbonyl (C=O) groups excluding carboxylic acids is 1. The standard InChI is InChI=1S/C24H27N4O3S/c1-4-22(29)30-16-15-28-18-9-7-8-10-20(18)32-21(28)14-12-17-11-13-19(27(5-2)6-3)24-23(17)25-31-26-24/h7-14H,4-6,15-16H2,1-3H3/q+1. The van der Waals surface area contributed by atoms with Gasteiger partial charge in [0.1, 0.15) is 10.2 Å². The lowest BCUT2D eigenvalue weighted by atomic mass is 10.1. The third kappa shape index (κ3) is 4.36. The normalized spacial score (nSPS) is 11.6. The van der Waals surface area contributed by atoms with Crippen LogP contribution in [-0.2, 0) is 16.1 Å². The van der Waals surface area contributed by atoms with Crippen LogP contribution in [0, 0.1) is 0 Å². The highest BCUT2D eigenvalue weighted by molar-refractivity contribution is 7.18. The van der Waals surface area contributed by atoms with Gasteiger partial charge in [0.25, 0.3) is 5.01 Å². The number of carbonyl (C=O) groups is 1. The number of fused-ring (bicyclic) bond motifs is 2. The van der Waals surface area contributed by atoms with Gasteiger partial charge in [0.2, 0.25) is 5.52 Å².